The molecule has 0 aliphatic carbocycles. The van der Waals surface area contributed by atoms with Crippen LogP contribution in [-0.4, -0.2) is 30.0 Å². The molecule has 0 unspecified atom stereocenters. The molecule has 2 N–H and O–H groups in total. The number of non-ortho nitro benzene ring substituents is 1. The zero-order valence-corrected chi connectivity index (χ0v) is 16.9. The average molecular weight is 411 g/mol. The lowest BCUT2D eigenvalue weighted by atomic mass is 10.1. The SMILES string of the molecule is CC(C)(C)Nc1c(-c2ccc([N+](=O)[O-])cc2)nc2nc(-c3ccc(Cl)cc3)[nH]n12. The maximum absolute atomic E-state index is 10.9. The first-order valence-corrected chi connectivity index (χ1v) is 9.36. The fourth-order valence-electron chi connectivity index (χ4n) is 2.97. The number of imidazole rings is 1. The van der Waals surface area contributed by atoms with Crippen LogP contribution in [0.5, 0.6) is 0 Å². The number of benzene rings is 2. The van der Waals surface area contributed by atoms with Gasteiger partial charge in [0.1, 0.15) is 5.69 Å². The standard InChI is InChI=1S/C20H19ClN6O2/c1-20(2,3)24-18-16(12-6-10-15(11-7-12)27(28)29)22-19-23-17(25-26(18)19)13-4-8-14(21)9-5-13/h4-11,24H,1-3H3,(H,22,23,25). The molecule has 2 aromatic carbocycles. The summed E-state index contributed by atoms with van der Waals surface area (Å²) in [5.74, 6) is 1.89. The van der Waals surface area contributed by atoms with Crippen LogP contribution < -0.4 is 5.32 Å². The van der Waals surface area contributed by atoms with Crippen molar-refractivity contribution in [2.45, 2.75) is 26.3 Å². The quantitative estimate of drug-likeness (QED) is 0.357. The van der Waals surface area contributed by atoms with E-state index in [1.54, 1.807) is 28.8 Å². The van der Waals surface area contributed by atoms with E-state index in [4.69, 9.17) is 11.6 Å². The third-order valence-electron chi connectivity index (χ3n) is 4.25. The van der Waals surface area contributed by atoms with Gasteiger partial charge in [-0.15, -0.1) is 0 Å². The third kappa shape index (κ3) is 3.79. The Kier molecular flexibility index (Phi) is 4.50. The van der Waals surface area contributed by atoms with Crippen LogP contribution >= 0.6 is 11.6 Å². The number of aromatic nitrogens is 4. The van der Waals surface area contributed by atoms with Crippen LogP contribution in [0.2, 0.25) is 5.02 Å². The highest BCUT2D eigenvalue weighted by atomic mass is 35.5. The van der Waals surface area contributed by atoms with Gasteiger partial charge in [0.25, 0.3) is 11.5 Å². The second-order valence-corrected chi connectivity index (χ2v) is 8.14. The van der Waals surface area contributed by atoms with Crippen LogP contribution in [0.15, 0.2) is 48.5 Å². The molecule has 8 nitrogen and oxygen atoms in total. The Labute approximate surface area is 171 Å². The number of hydrogen-bond acceptors (Lipinski definition) is 5. The molecule has 0 amide bonds. The highest BCUT2D eigenvalue weighted by molar-refractivity contribution is 6.30. The zero-order valence-electron chi connectivity index (χ0n) is 16.1. The first kappa shape index (κ1) is 18.9. The van der Waals surface area contributed by atoms with Crippen LogP contribution in [0.1, 0.15) is 20.8 Å². The molecule has 2 heterocycles. The Morgan fingerprint density at radius 2 is 1.66 bits per heavy atom. The molecule has 0 saturated carbocycles. The summed E-state index contributed by atoms with van der Waals surface area (Å²) in [5.41, 5.74) is 2.10. The summed E-state index contributed by atoms with van der Waals surface area (Å²) in [4.78, 5) is 19.8. The predicted molar refractivity (Wildman–Crippen MR) is 113 cm³/mol. The molecule has 4 aromatic rings. The largest absolute Gasteiger partial charge is 0.364 e. The Morgan fingerprint density at radius 1 is 1.03 bits per heavy atom. The summed E-state index contributed by atoms with van der Waals surface area (Å²) >= 11 is 5.97. The van der Waals surface area contributed by atoms with Crippen LogP contribution in [-0.2, 0) is 0 Å². The predicted octanol–water partition coefficient (Wildman–Crippen LogP) is 5.16. The smallest absolute Gasteiger partial charge is 0.269 e. The lowest BCUT2D eigenvalue weighted by molar-refractivity contribution is -0.384. The fraction of sp³-hybridized carbons (Fsp3) is 0.200. The number of fused-ring (bicyclic) bond motifs is 1. The van der Waals surface area contributed by atoms with E-state index in [9.17, 15) is 10.1 Å². The maximum atomic E-state index is 10.9. The number of aromatic amines is 1. The third-order valence-corrected chi connectivity index (χ3v) is 4.50. The minimum Gasteiger partial charge on any atom is -0.364 e. The van der Waals surface area contributed by atoms with Crippen molar-refractivity contribution >= 4 is 28.9 Å². The van der Waals surface area contributed by atoms with E-state index in [0.717, 1.165) is 16.9 Å². The average Bonchev–Trinajstić information content (AvgIpc) is 3.21. The van der Waals surface area contributed by atoms with Crippen molar-refractivity contribution in [3.05, 3.63) is 63.7 Å². The van der Waals surface area contributed by atoms with Crippen LogP contribution in [0.25, 0.3) is 28.4 Å². The lowest BCUT2D eigenvalue weighted by Gasteiger charge is -2.22. The van der Waals surface area contributed by atoms with Gasteiger partial charge in [0.2, 0.25) is 0 Å². The van der Waals surface area contributed by atoms with Crippen molar-refractivity contribution in [3.63, 3.8) is 0 Å². The molecule has 148 valence electrons. The van der Waals surface area contributed by atoms with Gasteiger partial charge < -0.3 is 5.32 Å². The number of nitro benzene ring substituents is 1. The van der Waals surface area contributed by atoms with E-state index >= 15 is 0 Å². The Hall–Kier alpha value is -3.39. The molecule has 4 rings (SSSR count). The number of rotatable bonds is 4. The Bertz CT molecular complexity index is 1190. The summed E-state index contributed by atoms with van der Waals surface area (Å²) in [5, 5.41) is 18.3. The van der Waals surface area contributed by atoms with Gasteiger partial charge in [-0.3, -0.25) is 15.2 Å². The lowest BCUT2D eigenvalue weighted by Crippen LogP contribution is -2.27. The molecule has 0 spiro atoms. The van der Waals surface area contributed by atoms with Crippen molar-refractivity contribution in [2.24, 2.45) is 0 Å². The molecule has 9 heteroatoms. The van der Waals surface area contributed by atoms with Crippen LogP contribution in [0.3, 0.4) is 0 Å². The van der Waals surface area contributed by atoms with Crippen molar-refractivity contribution < 1.29 is 4.92 Å². The van der Waals surface area contributed by atoms with Gasteiger partial charge in [-0.1, -0.05) is 11.6 Å². The number of hydrogen-bond donors (Lipinski definition) is 2. The second-order valence-electron chi connectivity index (χ2n) is 7.70. The van der Waals surface area contributed by atoms with E-state index in [-0.39, 0.29) is 11.2 Å². The number of nitrogens with zero attached hydrogens (tertiary/aromatic N) is 4. The van der Waals surface area contributed by atoms with Crippen LogP contribution in [0.4, 0.5) is 11.5 Å². The first-order chi connectivity index (χ1) is 13.7. The zero-order chi connectivity index (χ0) is 20.8. The van der Waals surface area contributed by atoms with Gasteiger partial charge in [-0.05, 0) is 57.2 Å². The highest BCUT2D eigenvalue weighted by Gasteiger charge is 2.22. The minimum atomic E-state index is -0.421. The van der Waals surface area contributed by atoms with Gasteiger partial charge in [-0.2, -0.15) is 4.98 Å². The van der Waals surface area contributed by atoms with Crippen molar-refractivity contribution in [2.75, 3.05) is 5.32 Å². The molecule has 29 heavy (non-hydrogen) atoms. The molecule has 0 saturated heterocycles. The fourth-order valence-corrected chi connectivity index (χ4v) is 3.10. The molecule has 0 aliphatic rings. The molecule has 0 bridgehead atoms. The Balaban J connectivity index is 1.83. The molecular formula is C20H19ClN6O2. The first-order valence-electron chi connectivity index (χ1n) is 8.99. The molecule has 0 aliphatic heterocycles. The molecule has 0 fully saturated rings. The molecule has 2 aromatic heterocycles. The van der Waals surface area contributed by atoms with Gasteiger partial charge in [0.05, 0.1) is 4.92 Å². The highest BCUT2D eigenvalue weighted by Crippen LogP contribution is 2.32. The second kappa shape index (κ2) is 6.89. The minimum absolute atomic E-state index is 0.0343. The topological polar surface area (TPSA) is 101 Å². The normalized spacial score (nSPS) is 11.7. The van der Waals surface area contributed by atoms with Crippen LogP contribution in [0, 0.1) is 10.1 Å². The van der Waals surface area contributed by atoms with E-state index in [1.165, 1.54) is 12.1 Å². The summed E-state index contributed by atoms with van der Waals surface area (Å²) < 4.78 is 1.78. The summed E-state index contributed by atoms with van der Waals surface area (Å²) in [6, 6.07) is 13.7. The van der Waals surface area contributed by atoms with Gasteiger partial charge in [0, 0.05) is 33.8 Å². The van der Waals surface area contributed by atoms with E-state index in [0.29, 0.717) is 22.3 Å². The van der Waals surface area contributed by atoms with E-state index in [1.807, 2.05) is 32.9 Å². The van der Waals surface area contributed by atoms with Gasteiger partial charge >= 0.3 is 0 Å². The summed E-state index contributed by atoms with van der Waals surface area (Å²) in [6.45, 7) is 6.13. The monoisotopic (exact) mass is 410 g/mol. The van der Waals surface area contributed by atoms with E-state index < -0.39 is 4.92 Å². The van der Waals surface area contributed by atoms with Crippen molar-refractivity contribution in [1.82, 2.24) is 19.6 Å². The Morgan fingerprint density at radius 3 is 2.24 bits per heavy atom. The number of nitro groups is 1. The number of nitrogens with one attached hydrogen (secondary N) is 2. The van der Waals surface area contributed by atoms with E-state index in [2.05, 4.69) is 20.4 Å². The molecule has 0 atom stereocenters. The van der Waals surface area contributed by atoms with Crippen molar-refractivity contribution in [3.8, 4) is 22.6 Å². The number of H-pyrrole nitrogens is 1. The van der Waals surface area contributed by atoms with Gasteiger partial charge in [-0.25, -0.2) is 9.50 Å². The molecule has 0 radical (unpaired) electrons. The summed E-state index contributed by atoms with van der Waals surface area (Å²) in [6.07, 6.45) is 0. The molecular weight excluding hydrogens is 392 g/mol. The van der Waals surface area contributed by atoms with Gasteiger partial charge in [0.15, 0.2) is 11.6 Å². The van der Waals surface area contributed by atoms with Crippen molar-refractivity contribution in [1.29, 1.82) is 0 Å². The number of anilines is 1. The number of halogens is 1. The summed E-state index contributed by atoms with van der Waals surface area (Å²) in [7, 11) is 0. The maximum Gasteiger partial charge on any atom is 0.269 e.